The van der Waals surface area contributed by atoms with Crippen LogP contribution in [0.1, 0.15) is 43.0 Å². The second-order valence-electron chi connectivity index (χ2n) is 9.83. The van der Waals surface area contributed by atoms with Crippen LogP contribution in [0, 0.1) is 6.92 Å². The quantitative estimate of drug-likeness (QED) is 0.474. The van der Waals surface area contributed by atoms with Crippen LogP contribution in [0.2, 0.25) is 0 Å². The summed E-state index contributed by atoms with van der Waals surface area (Å²) in [4.78, 5) is 28.2. The molecule has 1 N–H and O–H groups in total. The fourth-order valence-corrected chi connectivity index (χ4v) is 3.97. The van der Waals surface area contributed by atoms with E-state index in [-0.39, 0.29) is 23.8 Å². The first kappa shape index (κ1) is 26.0. The lowest BCUT2D eigenvalue weighted by Gasteiger charge is -2.31. The highest BCUT2D eigenvalue weighted by Gasteiger charge is 2.30. The summed E-state index contributed by atoms with van der Waals surface area (Å²) in [5.41, 5.74) is 4.29. The maximum Gasteiger partial charge on any atom is 0.261 e. The number of nitrogens with zero attached hydrogens (tertiary/aromatic N) is 1. The molecule has 0 saturated carbocycles. The molecule has 0 radical (unpaired) electrons. The Kier molecular flexibility index (Phi) is 8.69. The molecule has 2 amide bonds. The summed E-state index contributed by atoms with van der Waals surface area (Å²) in [5, 5.41) is 2.74. The summed E-state index contributed by atoms with van der Waals surface area (Å²) in [7, 11) is 1.60. The number of ether oxygens (including phenoxy) is 1. The van der Waals surface area contributed by atoms with Gasteiger partial charge in [0.05, 0.1) is 0 Å². The number of hydrogen-bond donors (Lipinski definition) is 1. The molecule has 0 aromatic heterocycles. The molecule has 1 atom stereocenters. The van der Waals surface area contributed by atoms with Crippen LogP contribution < -0.4 is 10.1 Å². The zero-order chi connectivity index (χ0) is 25.4. The largest absolute Gasteiger partial charge is 0.484 e. The fourth-order valence-electron chi connectivity index (χ4n) is 3.97. The SMILES string of the molecule is CNC(=O)[C@@H](Cc1ccccc1)N(Cc1ccccc1C)C(=O)COc1ccc(C(C)(C)C)cc1. The molecule has 3 rings (SSSR count). The van der Waals surface area contributed by atoms with Gasteiger partial charge in [0.25, 0.3) is 5.91 Å². The van der Waals surface area contributed by atoms with Crippen molar-refractivity contribution < 1.29 is 14.3 Å². The summed E-state index contributed by atoms with van der Waals surface area (Å²) in [5.74, 6) is 0.185. The minimum Gasteiger partial charge on any atom is -0.484 e. The number of amides is 2. The van der Waals surface area contributed by atoms with Crippen molar-refractivity contribution in [2.75, 3.05) is 13.7 Å². The van der Waals surface area contributed by atoms with Crippen molar-refractivity contribution in [1.82, 2.24) is 10.2 Å². The second kappa shape index (κ2) is 11.7. The molecule has 0 saturated heterocycles. The molecule has 0 heterocycles. The van der Waals surface area contributed by atoms with Crippen LogP contribution >= 0.6 is 0 Å². The Balaban J connectivity index is 1.85. The van der Waals surface area contributed by atoms with Gasteiger partial charge in [-0.2, -0.15) is 0 Å². The molecule has 0 fully saturated rings. The minimum absolute atomic E-state index is 0.0386. The molecule has 3 aromatic carbocycles. The summed E-state index contributed by atoms with van der Waals surface area (Å²) < 4.78 is 5.88. The molecular formula is C30H36N2O3. The molecule has 0 aliphatic heterocycles. The predicted molar refractivity (Wildman–Crippen MR) is 140 cm³/mol. The van der Waals surface area contributed by atoms with E-state index in [2.05, 4.69) is 26.1 Å². The van der Waals surface area contributed by atoms with Crippen LogP contribution in [0.4, 0.5) is 0 Å². The van der Waals surface area contributed by atoms with E-state index in [4.69, 9.17) is 4.74 Å². The maximum absolute atomic E-state index is 13.5. The van der Waals surface area contributed by atoms with E-state index in [1.807, 2.05) is 85.8 Å². The van der Waals surface area contributed by atoms with Gasteiger partial charge >= 0.3 is 0 Å². The maximum atomic E-state index is 13.5. The van der Waals surface area contributed by atoms with Crippen LogP contribution in [0.3, 0.4) is 0 Å². The second-order valence-corrected chi connectivity index (χ2v) is 9.83. The minimum atomic E-state index is -0.665. The van der Waals surface area contributed by atoms with Gasteiger partial charge in [0.1, 0.15) is 11.8 Å². The van der Waals surface area contributed by atoms with Gasteiger partial charge in [-0.1, -0.05) is 87.5 Å². The third kappa shape index (κ3) is 7.19. The normalized spacial score (nSPS) is 12.0. The lowest BCUT2D eigenvalue weighted by molar-refractivity contribution is -0.142. The summed E-state index contributed by atoms with van der Waals surface area (Å²) >= 11 is 0. The monoisotopic (exact) mass is 472 g/mol. The van der Waals surface area contributed by atoms with Crippen LogP contribution in [-0.4, -0.2) is 36.4 Å². The van der Waals surface area contributed by atoms with E-state index >= 15 is 0 Å². The molecule has 0 spiro atoms. The van der Waals surface area contributed by atoms with Crippen molar-refractivity contribution in [3.05, 3.63) is 101 Å². The van der Waals surface area contributed by atoms with Gasteiger partial charge in [-0.25, -0.2) is 0 Å². The molecule has 35 heavy (non-hydrogen) atoms. The van der Waals surface area contributed by atoms with Crippen molar-refractivity contribution >= 4 is 11.8 Å². The molecule has 5 heteroatoms. The van der Waals surface area contributed by atoms with Gasteiger partial charge in [0.2, 0.25) is 5.91 Å². The molecule has 0 aliphatic carbocycles. The van der Waals surface area contributed by atoms with E-state index in [9.17, 15) is 9.59 Å². The van der Waals surface area contributed by atoms with Gasteiger partial charge in [-0.15, -0.1) is 0 Å². The average Bonchev–Trinajstić information content (AvgIpc) is 2.85. The Bertz CT molecular complexity index is 1120. The highest BCUT2D eigenvalue weighted by molar-refractivity contribution is 5.88. The van der Waals surface area contributed by atoms with Crippen LogP contribution in [0.25, 0.3) is 0 Å². The zero-order valence-corrected chi connectivity index (χ0v) is 21.4. The number of carbonyl (C=O) groups is 2. The third-order valence-corrected chi connectivity index (χ3v) is 6.20. The Hall–Kier alpha value is -3.60. The number of rotatable bonds is 9. The van der Waals surface area contributed by atoms with E-state index in [0.29, 0.717) is 18.7 Å². The third-order valence-electron chi connectivity index (χ3n) is 6.20. The van der Waals surface area contributed by atoms with Crippen LogP contribution in [-0.2, 0) is 28.0 Å². The Morgan fingerprint density at radius 3 is 2.14 bits per heavy atom. The average molecular weight is 473 g/mol. The number of hydrogen-bond acceptors (Lipinski definition) is 3. The lowest BCUT2D eigenvalue weighted by Crippen LogP contribution is -2.51. The van der Waals surface area contributed by atoms with E-state index in [1.54, 1.807) is 11.9 Å². The van der Waals surface area contributed by atoms with Crippen LogP contribution in [0.5, 0.6) is 5.75 Å². The van der Waals surface area contributed by atoms with Gasteiger partial charge in [-0.05, 0) is 46.7 Å². The summed E-state index contributed by atoms with van der Waals surface area (Å²) in [6.07, 6.45) is 0.415. The molecule has 5 nitrogen and oxygen atoms in total. The smallest absolute Gasteiger partial charge is 0.261 e. The fraction of sp³-hybridized carbons (Fsp3) is 0.333. The number of aryl methyl sites for hydroxylation is 1. The summed E-state index contributed by atoms with van der Waals surface area (Å²) in [6.45, 7) is 8.65. The van der Waals surface area contributed by atoms with E-state index in [0.717, 1.165) is 16.7 Å². The molecule has 0 aliphatic rings. The van der Waals surface area contributed by atoms with Gasteiger partial charge in [-0.3, -0.25) is 9.59 Å². The van der Waals surface area contributed by atoms with Crippen molar-refractivity contribution in [2.24, 2.45) is 0 Å². The van der Waals surface area contributed by atoms with Crippen LogP contribution in [0.15, 0.2) is 78.9 Å². The number of nitrogens with one attached hydrogen (secondary N) is 1. The molecule has 3 aromatic rings. The first-order chi connectivity index (χ1) is 16.7. The van der Waals surface area contributed by atoms with Crippen molar-refractivity contribution in [3.8, 4) is 5.75 Å². The van der Waals surface area contributed by atoms with Gasteiger partial charge < -0.3 is 15.0 Å². The van der Waals surface area contributed by atoms with Gasteiger partial charge in [0, 0.05) is 20.0 Å². The van der Waals surface area contributed by atoms with Gasteiger partial charge in [0.15, 0.2) is 6.61 Å². The van der Waals surface area contributed by atoms with E-state index < -0.39 is 6.04 Å². The molecule has 0 bridgehead atoms. The first-order valence-corrected chi connectivity index (χ1v) is 12.0. The van der Waals surface area contributed by atoms with E-state index in [1.165, 1.54) is 5.56 Å². The number of benzene rings is 3. The number of carbonyl (C=O) groups excluding carboxylic acids is 2. The Morgan fingerprint density at radius 1 is 0.914 bits per heavy atom. The Morgan fingerprint density at radius 2 is 1.54 bits per heavy atom. The Labute approximate surface area is 209 Å². The zero-order valence-electron chi connectivity index (χ0n) is 21.4. The highest BCUT2D eigenvalue weighted by atomic mass is 16.5. The standard InChI is InChI=1S/C30H36N2O3/c1-22-11-9-10-14-24(22)20-32(27(29(34)31-5)19-23-12-7-6-8-13-23)28(33)21-35-26-17-15-25(16-18-26)30(2,3)4/h6-18,27H,19-21H2,1-5H3,(H,31,34)/t27-/m1/s1. The topological polar surface area (TPSA) is 58.6 Å². The molecular weight excluding hydrogens is 436 g/mol. The first-order valence-electron chi connectivity index (χ1n) is 12.0. The van der Waals surface area contributed by atoms with Crippen molar-refractivity contribution in [2.45, 2.75) is 52.1 Å². The number of likely N-dealkylation sites (N-methyl/N-ethyl adjacent to an activating group) is 1. The molecule has 184 valence electrons. The highest BCUT2D eigenvalue weighted by Crippen LogP contribution is 2.24. The predicted octanol–water partition coefficient (Wildman–Crippen LogP) is 5.06. The van der Waals surface area contributed by atoms with Crippen molar-refractivity contribution in [1.29, 1.82) is 0 Å². The summed E-state index contributed by atoms with van der Waals surface area (Å²) in [6, 6.07) is 24.8. The van der Waals surface area contributed by atoms with Crippen molar-refractivity contribution in [3.63, 3.8) is 0 Å². The molecule has 0 unspecified atom stereocenters. The lowest BCUT2D eigenvalue weighted by atomic mass is 9.87.